The van der Waals surface area contributed by atoms with Gasteiger partial charge in [-0.05, 0) is 41.8 Å². The maximum atomic E-state index is 12.8. The Morgan fingerprint density at radius 3 is 2.32 bits per heavy atom. The summed E-state index contributed by atoms with van der Waals surface area (Å²) in [4.78, 5) is 23.3. The van der Waals surface area contributed by atoms with Crippen LogP contribution in [-0.4, -0.2) is 10.9 Å². The Bertz CT molecular complexity index is 897. The van der Waals surface area contributed by atoms with Crippen LogP contribution in [0.25, 0.3) is 10.8 Å². The quantitative estimate of drug-likeness (QED) is 0.454. The summed E-state index contributed by atoms with van der Waals surface area (Å²) >= 11 is 0. The highest BCUT2D eigenvalue weighted by atomic mass is 16.1. The smallest absolute Gasteiger partial charge is 0.258 e. The Morgan fingerprint density at radius 1 is 0.840 bits per heavy atom. The number of hydrogen-bond acceptors (Lipinski definition) is 2. The van der Waals surface area contributed by atoms with Gasteiger partial charge in [-0.3, -0.25) is 4.79 Å². The minimum absolute atomic E-state index is 0.0594. The molecule has 25 heavy (non-hydrogen) atoms. The largest absolute Gasteiger partial charge is 0.310 e. The van der Waals surface area contributed by atoms with Crippen molar-refractivity contribution in [3.63, 3.8) is 0 Å². The zero-order chi connectivity index (χ0) is 17.5. The number of aldehydes is 1. The second kappa shape index (κ2) is 8.43. The number of fused-ring (bicyclic) bond motifs is 1. The monoisotopic (exact) mass is 333 g/mol. The van der Waals surface area contributed by atoms with Crippen molar-refractivity contribution in [2.45, 2.75) is 38.6 Å². The van der Waals surface area contributed by atoms with Gasteiger partial charge < -0.3 is 9.36 Å². The van der Waals surface area contributed by atoms with Gasteiger partial charge in [0, 0.05) is 18.0 Å². The number of carbonyl (C=O) groups excluding carboxylic acids is 1. The van der Waals surface area contributed by atoms with Crippen LogP contribution >= 0.6 is 0 Å². The number of hydrogen-bond donors (Lipinski definition) is 0. The average molecular weight is 333 g/mol. The number of benzene rings is 2. The highest BCUT2D eigenvalue weighted by Crippen LogP contribution is 2.18. The molecule has 3 nitrogen and oxygen atoms in total. The van der Waals surface area contributed by atoms with Crippen molar-refractivity contribution < 1.29 is 4.79 Å². The van der Waals surface area contributed by atoms with Gasteiger partial charge in [0.25, 0.3) is 5.56 Å². The summed E-state index contributed by atoms with van der Waals surface area (Å²) in [6.45, 7) is 0.586. The van der Waals surface area contributed by atoms with Crippen LogP contribution in [0.3, 0.4) is 0 Å². The predicted octanol–water partition coefficient (Wildman–Crippen LogP) is 4.35. The Labute approximate surface area is 147 Å². The highest BCUT2D eigenvalue weighted by Gasteiger charge is 2.09. The second-order valence-corrected chi connectivity index (χ2v) is 6.38. The molecule has 0 saturated carbocycles. The number of nitrogens with zero attached hydrogens (tertiary/aromatic N) is 1. The fourth-order valence-corrected chi connectivity index (χ4v) is 3.24. The molecule has 0 spiro atoms. The van der Waals surface area contributed by atoms with E-state index in [2.05, 4.69) is 0 Å². The number of aryl methyl sites for hydroxylation is 1. The van der Waals surface area contributed by atoms with Gasteiger partial charge in [0.2, 0.25) is 0 Å². The molecule has 0 radical (unpaired) electrons. The molecular formula is C22H23NO2. The van der Waals surface area contributed by atoms with Crippen LogP contribution in [0.5, 0.6) is 0 Å². The normalized spacial score (nSPS) is 10.9. The summed E-state index contributed by atoms with van der Waals surface area (Å²) in [5.41, 5.74) is 2.39. The molecule has 0 amide bonds. The van der Waals surface area contributed by atoms with Gasteiger partial charge in [0.1, 0.15) is 6.29 Å². The van der Waals surface area contributed by atoms with E-state index in [1.165, 1.54) is 5.56 Å². The van der Waals surface area contributed by atoms with Crippen molar-refractivity contribution in [1.29, 1.82) is 0 Å². The van der Waals surface area contributed by atoms with Crippen LogP contribution in [0.2, 0.25) is 0 Å². The van der Waals surface area contributed by atoms with E-state index in [1.54, 1.807) is 0 Å². The Hall–Kier alpha value is -2.68. The van der Waals surface area contributed by atoms with Crippen LogP contribution in [0.4, 0.5) is 0 Å². The van der Waals surface area contributed by atoms with Crippen molar-refractivity contribution in [2.75, 3.05) is 0 Å². The van der Waals surface area contributed by atoms with E-state index in [1.807, 2.05) is 65.4 Å². The molecular weight excluding hydrogens is 310 g/mol. The van der Waals surface area contributed by atoms with Gasteiger partial charge >= 0.3 is 0 Å². The zero-order valence-electron chi connectivity index (χ0n) is 14.4. The average Bonchev–Trinajstić information content (AvgIpc) is 2.66. The van der Waals surface area contributed by atoms with E-state index in [9.17, 15) is 9.59 Å². The molecule has 0 fully saturated rings. The first-order valence-electron chi connectivity index (χ1n) is 8.88. The number of carbonyl (C=O) groups is 1. The molecule has 0 unspecified atom stereocenters. The van der Waals surface area contributed by atoms with Crippen LogP contribution in [-0.2, 0) is 17.8 Å². The molecule has 0 saturated heterocycles. The van der Waals surface area contributed by atoms with Gasteiger partial charge in [-0.2, -0.15) is 0 Å². The molecule has 1 heterocycles. The first kappa shape index (κ1) is 17.2. The molecule has 3 aromatic rings. The molecule has 128 valence electrons. The second-order valence-electron chi connectivity index (χ2n) is 6.38. The van der Waals surface area contributed by atoms with Gasteiger partial charge in [-0.25, -0.2) is 0 Å². The van der Waals surface area contributed by atoms with Crippen molar-refractivity contribution in [3.8, 4) is 0 Å². The number of unbranched alkanes of at least 4 members (excludes halogenated alkanes) is 3. The molecule has 3 heteroatoms. The molecule has 0 N–H and O–H groups in total. The van der Waals surface area contributed by atoms with E-state index >= 15 is 0 Å². The summed E-state index contributed by atoms with van der Waals surface area (Å²) in [5, 5.41) is 1.83. The first-order valence-corrected chi connectivity index (χ1v) is 8.88. The molecule has 0 aliphatic carbocycles. The zero-order valence-corrected chi connectivity index (χ0v) is 14.4. The van der Waals surface area contributed by atoms with Gasteiger partial charge in [0.05, 0.1) is 6.54 Å². The predicted molar refractivity (Wildman–Crippen MR) is 102 cm³/mol. The number of rotatable bonds is 8. The van der Waals surface area contributed by atoms with Crippen LogP contribution in [0.1, 0.15) is 36.8 Å². The van der Waals surface area contributed by atoms with Crippen molar-refractivity contribution in [1.82, 2.24) is 4.57 Å². The number of pyridine rings is 1. The van der Waals surface area contributed by atoms with Crippen molar-refractivity contribution in [3.05, 3.63) is 82.3 Å². The molecule has 2 aromatic carbocycles. The maximum absolute atomic E-state index is 12.8. The van der Waals surface area contributed by atoms with Crippen LogP contribution in [0.15, 0.2) is 65.6 Å². The standard InChI is InChI=1S/C22H23NO2/c24-15-9-2-1-6-12-19-17-23(16-18-10-4-3-5-11-18)22(25)21-14-8-7-13-20(19)21/h3-5,7-8,10-11,13-15,17H,1-2,6,9,12,16H2. The number of aromatic nitrogens is 1. The lowest BCUT2D eigenvalue weighted by Crippen LogP contribution is -2.21. The molecule has 0 atom stereocenters. The van der Waals surface area contributed by atoms with E-state index in [0.29, 0.717) is 13.0 Å². The lowest BCUT2D eigenvalue weighted by atomic mass is 10.0. The van der Waals surface area contributed by atoms with Crippen LogP contribution in [0, 0.1) is 0 Å². The van der Waals surface area contributed by atoms with Gasteiger partial charge in [-0.15, -0.1) is 0 Å². The Balaban J connectivity index is 1.90. The van der Waals surface area contributed by atoms with E-state index in [0.717, 1.165) is 48.3 Å². The molecule has 3 rings (SSSR count). The summed E-state index contributed by atoms with van der Waals surface area (Å²) in [6, 6.07) is 17.9. The van der Waals surface area contributed by atoms with Gasteiger partial charge in [0.15, 0.2) is 0 Å². The van der Waals surface area contributed by atoms with Crippen molar-refractivity contribution in [2.24, 2.45) is 0 Å². The first-order chi connectivity index (χ1) is 12.3. The fourth-order valence-electron chi connectivity index (χ4n) is 3.24. The lowest BCUT2D eigenvalue weighted by Gasteiger charge is -2.12. The molecule has 1 aromatic heterocycles. The fraction of sp³-hybridized carbons (Fsp3) is 0.273. The Morgan fingerprint density at radius 2 is 1.56 bits per heavy atom. The van der Waals surface area contributed by atoms with E-state index in [-0.39, 0.29) is 5.56 Å². The molecule has 0 bridgehead atoms. The summed E-state index contributed by atoms with van der Waals surface area (Å²) in [6.07, 6.45) is 7.55. The minimum atomic E-state index is 0.0594. The highest BCUT2D eigenvalue weighted by molar-refractivity contribution is 5.84. The Kier molecular flexibility index (Phi) is 5.78. The van der Waals surface area contributed by atoms with E-state index in [4.69, 9.17) is 0 Å². The van der Waals surface area contributed by atoms with Crippen LogP contribution < -0.4 is 5.56 Å². The van der Waals surface area contributed by atoms with Gasteiger partial charge in [-0.1, -0.05) is 55.0 Å². The summed E-state index contributed by atoms with van der Waals surface area (Å²) < 4.78 is 1.82. The topological polar surface area (TPSA) is 39.1 Å². The maximum Gasteiger partial charge on any atom is 0.258 e. The summed E-state index contributed by atoms with van der Waals surface area (Å²) in [5.74, 6) is 0. The molecule has 0 aliphatic rings. The minimum Gasteiger partial charge on any atom is -0.310 e. The third kappa shape index (κ3) is 4.24. The van der Waals surface area contributed by atoms with E-state index < -0.39 is 0 Å². The third-order valence-corrected chi connectivity index (χ3v) is 4.54. The lowest BCUT2D eigenvalue weighted by molar-refractivity contribution is -0.107. The van der Waals surface area contributed by atoms with Crippen molar-refractivity contribution >= 4 is 17.1 Å². The third-order valence-electron chi connectivity index (χ3n) is 4.54. The molecule has 0 aliphatic heterocycles. The summed E-state index contributed by atoms with van der Waals surface area (Å²) in [7, 11) is 0. The SMILES string of the molecule is O=CCCCCCc1cn(Cc2ccccc2)c(=O)c2ccccc12.